The molecule has 0 atom stereocenters. The van der Waals surface area contributed by atoms with Gasteiger partial charge in [0, 0.05) is 31.2 Å². The van der Waals surface area contributed by atoms with Gasteiger partial charge in [0.25, 0.3) is 0 Å². The van der Waals surface area contributed by atoms with E-state index >= 15 is 0 Å². The van der Waals surface area contributed by atoms with Crippen LogP contribution in [0.25, 0.3) is 0 Å². The Bertz CT molecular complexity index is 559. The molecule has 0 unspecified atom stereocenters. The Labute approximate surface area is 219 Å². The van der Waals surface area contributed by atoms with Crippen LogP contribution in [0.5, 0.6) is 0 Å². The molecule has 0 spiro atoms. The zero-order valence-electron chi connectivity index (χ0n) is 24.1. The Morgan fingerprint density at radius 3 is 1.37 bits per heavy atom. The van der Waals surface area contributed by atoms with E-state index in [1.54, 1.807) is 0 Å². The molecule has 0 radical (unpaired) electrons. The fourth-order valence-corrected chi connectivity index (χ4v) is 7.79. The largest absolute Gasteiger partial charge is 0.324 e. The molecule has 3 aliphatic rings. The topological polar surface area (TPSA) is 20.3 Å². The number of hydrogen-bond acceptors (Lipinski definition) is 2. The standard InChI is InChI=1S/C11H23N.C9H16F2.C9H19OP.CH4/c1-9(2)10-5-7-11(8-6-10)12(3)4;1-7(2)8-3-5-9(10,11)6-4-8;1-8(2)9-4-6-11(3,10)7-5-9;/h9-11H,5-8H2,1-4H3;7-8H,3-6H2,1-2H3;8-9H,4-7H2,1-3H3;1H4. The lowest BCUT2D eigenvalue weighted by Crippen LogP contribution is -2.33. The Morgan fingerprint density at radius 2 is 1.03 bits per heavy atom. The number of rotatable bonds is 4. The molecule has 0 aromatic rings. The average molecular weight is 522 g/mol. The van der Waals surface area contributed by atoms with Crippen LogP contribution in [-0.4, -0.2) is 49.9 Å². The number of hydrogen-bond donors (Lipinski definition) is 0. The summed E-state index contributed by atoms with van der Waals surface area (Å²) in [7, 11) is 2.75. The smallest absolute Gasteiger partial charge is 0.248 e. The quantitative estimate of drug-likeness (QED) is 0.343. The summed E-state index contributed by atoms with van der Waals surface area (Å²) in [5.41, 5.74) is 0. The van der Waals surface area contributed by atoms with Crippen LogP contribution in [0.15, 0.2) is 0 Å². The molecule has 1 saturated heterocycles. The predicted molar refractivity (Wildman–Crippen MR) is 154 cm³/mol. The zero-order valence-corrected chi connectivity index (χ0v) is 25.0. The van der Waals surface area contributed by atoms with Gasteiger partial charge in [-0.3, -0.25) is 0 Å². The van der Waals surface area contributed by atoms with Crippen molar-refractivity contribution in [2.45, 2.75) is 125 Å². The summed E-state index contributed by atoms with van der Waals surface area (Å²) in [5, 5.41) is 0. The summed E-state index contributed by atoms with van der Waals surface area (Å²) in [6.45, 7) is 15.5. The van der Waals surface area contributed by atoms with Gasteiger partial charge >= 0.3 is 0 Å². The predicted octanol–water partition coefficient (Wildman–Crippen LogP) is 9.91. The third-order valence-corrected chi connectivity index (χ3v) is 11.4. The molecule has 1 aliphatic heterocycles. The fraction of sp³-hybridized carbons (Fsp3) is 1.00. The maximum absolute atomic E-state index is 12.6. The van der Waals surface area contributed by atoms with Crippen LogP contribution in [0, 0.1) is 35.5 Å². The van der Waals surface area contributed by atoms with E-state index in [1.165, 1.54) is 38.5 Å². The molecule has 5 heteroatoms. The van der Waals surface area contributed by atoms with E-state index in [9.17, 15) is 13.3 Å². The van der Waals surface area contributed by atoms with Gasteiger partial charge in [0.15, 0.2) is 0 Å². The Hall–Kier alpha value is 0.0500. The van der Waals surface area contributed by atoms with Crippen LogP contribution in [0.1, 0.15) is 113 Å². The van der Waals surface area contributed by atoms with Gasteiger partial charge in [0.05, 0.1) is 7.14 Å². The Morgan fingerprint density at radius 1 is 0.686 bits per heavy atom. The van der Waals surface area contributed by atoms with Crippen molar-refractivity contribution in [2.24, 2.45) is 35.5 Å². The van der Waals surface area contributed by atoms with Crippen LogP contribution in [-0.2, 0) is 4.57 Å². The lowest BCUT2D eigenvalue weighted by molar-refractivity contribution is -0.0504. The molecule has 0 amide bonds. The van der Waals surface area contributed by atoms with Crippen molar-refractivity contribution in [1.82, 2.24) is 4.90 Å². The molecule has 3 fully saturated rings. The highest BCUT2D eigenvalue weighted by molar-refractivity contribution is 7.63. The van der Waals surface area contributed by atoms with E-state index in [4.69, 9.17) is 0 Å². The summed E-state index contributed by atoms with van der Waals surface area (Å²) in [6, 6.07) is 0.861. The van der Waals surface area contributed by atoms with Gasteiger partial charge in [-0.05, 0) is 108 Å². The highest BCUT2D eigenvalue weighted by Crippen LogP contribution is 2.49. The van der Waals surface area contributed by atoms with Crippen molar-refractivity contribution >= 4 is 7.14 Å². The van der Waals surface area contributed by atoms with E-state index in [-0.39, 0.29) is 20.3 Å². The third-order valence-electron chi connectivity index (χ3n) is 9.01. The minimum Gasteiger partial charge on any atom is -0.324 e. The maximum Gasteiger partial charge on any atom is 0.248 e. The lowest BCUT2D eigenvalue weighted by atomic mass is 9.79. The summed E-state index contributed by atoms with van der Waals surface area (Å²) in [6.07, 6.45) is 11.7. The molecule has 3 rings (SSSR count). The van der Waals surface area contributed by atoms with Gasteiger partial charge in [-0.2, -0.15) is 0 Å². The minimum atomic E-state index is -2.36. The van der Waals surface area contributed by atoms with Gasteiger partial charge in [0.2, 0.25) is 5.92 Å². The van der Waals surface area contributed by atoms with Crippen LogP contribution in [0.4, 0.5) is 8.78 Å². The van der Waals surface area contributed by atoms with Crippen molar-refractivity contribution in [3.05, 3.63) is 0 Å². The summed E-state index contributed by atoms with van der Waals surface area (Å²) in [5.74, 6) is 2.29. The molecule has 0 aromatic carbocycles. The van der Waals surface area contributed by atoms with Gasteiger partial charge in [-0.25, -0.2) is 8.78 Å². The van der Waals surface area contributed by atoms with E-state index in [1.807, 2.05) is 6.66 Å². The van der Waals surface area contributed by atoms with Crippen molar-refractivity contribution < 1.29 is 13.3 Å². The first-order chi connectivity index (χ1) is 15.6. The molecule has 0 aromatic heterocycles. The molecule has 2 nitrogen and oxygen atoms in total. The van der Waals surface area contributed by atoms with Crippen LogP contribution < -0.4 is 0 Å². The molecule has 2 saturated carbocycles. The van der Waals surface area contributed by atoms with Crippen molar-refractivity contribution in [2.75, 3.05) is 33.1 Å². The van der Waals surface area contributed by atoms with E-state index < -0.39 is 13.1 Å². The zero-order chi connectivity index (χ0) is 26.1. The molecule has 212 valence electrons. The maximum atomic E-state index is 12.6. The van der Waals surface area contributed by atoms with Gasteiger partial charge in [-0.1, -0.05) is 49.0 Å². The average Bonchev–Trinajstić information content (AvgIpc) is 2.74. The molecule has 0 bridgehead atoms. The first-order valence-electron chi connectivity index (χ1n) is 14.2. The Balaban J connectivity index is 0.000000489. The fourth-order valence-electron chi connectivity index (χ4n) is 5.81. The Kier molecular flexibility index (Phi) is 16.1. The van der Waals surface area contributed by atoms with Crippen LogP contribution >= 0.6 is 7.14 Å². The molecule has 2 aliphatic carbocycles. The number of alkyl halides is 2. The minimum absolute atomic E-state index is 0. The molecule has 0 N–H and O–H groups in total. The van der Waals surface area contributed by atoms with Crippen molar-refractivity contribution in [3.8, 4) is 0 Å². The third kappa shape index (κ3) is 14.0. The number of halogens is 2. The second kappa shape index (κ2) is 16.1. The normalized spacial score (nSPS) is 31.3. The van der Waals surface area contributed by atoms with E-state index in [2.05, 4.69) is 60.5 Å². The van der Waals surface area contributed by atoms with E-state index in [0.717, 1.165) is 42.0 Å². The molecular formula is C30H62F2NOP. The van der Waals surface area contributed by atoms with Gasteiger partial charge < -0.3 is 9.46 Å². The summed E-state index contributed by atoms with van der Waals surface area (Å²) >= 11 is 0. The highest BCUT2D eigenvalue weighted by atomic mass is 31.2. The van der Waals surface area contributed by atoms with Crippen LogP contribution in [0.2, 0.25) is 0 Å². The van der Waals surface area contributed by atoms with Crippen molar-refractivity contribution in [3.63, 3.8) is 0 Å². The lowest BCUT2D eigenvalue weighted by Gasteiger charge is -2.34. The molecule has 35 heavy (non-hydrogen) atoms. The van der Waals surface area contributed by atoms with Crippen LogP contribution in [0.3, 0.4) is 0 Å². The first kappa shape index (κ1) is 35.0. The first-order valence-corrected chi connectivity index (χ1v) is 16.8. The monoisotopic (exact) mass is 521 g/mol. The highest BCUT2D eigenvalue weighted by Gasteiger charge is 2.35. The van der Waals surface area contributed by atoms with Gasteiger partial charge in [0.1, 0.15) is 0 Å². The van der Waals surface area contributed by atoms with E-state index in [0.29, 0.717) is 24.7 Å². The van der Waals surface area contributed by atoms with Gasteiger partial charge in [-0.15, -0.1) is 0 Å². The SMILES string of the molecule is C.CC(C)C1CCC(F)(F)CC1.CC(C)C1CCC(N(C)C)CC1.CC(C)C1CCP(C)(=O)CC1. The summed E-state index contributed by atoms with van der Waals surface area (Å²) < 4.78 is 36.9. The molecular weight excluding hydrogens is 459 g/mol. The molecule has 1 heterocycles. The summed E-state index contributed by atoms with van der Waals surface area (Å²) in [4.78, 5) is 2.39. The van der Waals surface area contributed by atoms with Crippen molar-refractivity contribution in [1.29, 1.82) is 0 Å². The number of nitrogens with zero attached hydrogens (tertiary/aromatic N) is 1. The second-order valence-electron chi connectivity index (χ2n) is 13.0. The second-order valence-corrected chi connectivity index (χ2v) is 16.5.